The van der Waals surface area contributed by atoms with E-state index in [0.29, 0.717) is 42.8 Å². The normalized spacial score (nSPS) is 30.0. The van der Waals surface area contributed by atoms with E-state index in [0.717, 1.165) is 32.6 Å². The number of nitrogens with one attached hydrogen (secondary N) is 1. The molecular formula is C21H29ClFN3O2. The van der Waals surface area contributed by atoms with E-state index < -0.39 is 0 Å². The third kappa shape index (κ3) is 4.20. The lowest BCUT2D eigenvalue weighted by molar-refractivity contribution is -0.136. The number of benzene rings is 1. The van der Waals surface area contributed by atoms with Gasteiger partial charge in [-0.1, -0.05) is 17.7 Å². The van der Waals surface area contributed by atoms with Crippen LogP contribution in [-0.2, 0) is 9.53 Å². The monoisotopic (exact) mass is 409 g/mol. The Hall–Kier alpha value is -1.21. The van der Waals surface area contributed by atoms with Crippen molar-refractivity contribution in [2.45, 2.75) is 37.8 Å². The van der Waals surface area contributed by atoms with Gasteiger partial charge in [0.15, 0.2) is 0 Å². The van der Waals surface area contributed by atoms with E-state index in [1.54, 1.807) is 12.1 Å². The summed E-state index contributed by atoms with van der Waals surface area (Å²) in [6.45, 7) is 7.25. The van der Waals surface area contributed by atoms with E-state index in [-0.39, 0.29) is 29.6 Å². The Bertz CT molecular complexity index is 713. The standard InChI is InChI=1S/C21H29ClFN3O2/c1-14-11-25(7-6-24-14)21(27)19-13-26(16-4-8-28-9-5-16)12-18(19)17-3-2-15(22)10-20(17)23/h2-3,10,14,16,18-19,24H,4-9,11-13H2,1H3/t14?,18-,19?/m0/s1. The highest BCUT2D eigenvalue weighted by molar-refractivity contribution is 6.30. The molecule has 0 aromatic heterocycles. The van der Waals surface area contributed by atoms with Crippen LogP contribution in [0.15, 0.2) is 18.2 Å². The molecule has 3 heterocycles. The van der Waals surface area contributed by atoms with Crippen molar-refractivity contribution in [2.24, 2.45) is 5.92 Å². The molecule has 0 spiro atoms. The minimum atomic E-state index is -0.308. The van der Waals surface area contributed by atoms with Crippen LogP contribution in [0.3, 0.4) is 0 Å². The SMILES string of the molecule is CC1CN(C(=O)C2CN(C3CCOCC3)C[C@H]2c2ccc(Cl)cc2F)CCN1. The van der Waals surface area contributed by atoms with Crippen LogP contribution in [0.4, 0.5) is 4.39 Å². The summed E-state index contributed by atoms with van der Waals surface area (Å²) in [5.74, 6) is -0.512. The zero-order valence-corrected chi connectivity index (χ0v) is 17.1. The molecule has 3 saturated heterocycles. The molecule has 3 aliphatic rings. The van der Waals surface area contributed by atoms with Crippen LogP contribution in [0.25, 0.3) is 0 Å². The Balaban J connectivity index is 1.59. The number of carbonyl (C=O) groups excluding carboxylic acids is 1. The van der Waals surface area contributed by atoms with Crippen molar-refractivity contribution in [1.82, 2.24) is 15.1 Å². The van der Waals surface area contributed by atoms with Crippen molar-refractivity contribution in [3.8, 4) is 0 Å². The van der Waals surface area contributed by atoms with Gasteiger partial charge < -0.3 is 15.0 Å². The summed E-state index contributed by atoms with van der Waals surface area (Å²) in [7, 11) is 0. The zero-order valence-electron chi connectivity index (χ0n) is 16.4. The van der Waals surface area contributed by atoms with E-state index in [9.17, 15) is 9.18 Å². The number of likely N-dealkylation sites (tertiary alicyclic amines) is 1. The third-order valence-corrected chi connectivity index (χ3v) is 6.65. The van der Waals surface area contributed by atoms with Crippen molar-refractivity contribution in [1.29, 1.82) is 0 Å². The van der Waals surface area contributed by atoms with Gasteiger partial charge in [0.05, 0.1) is 5.92 Å². The van der Waals surface area contributed by atoms with Crippen molar-refractivity contribution >= 4 is 17.5 Å². The fourth-order valence-electron chi connectivity index (χ4n) is 4.92. The fraction of sp³-hybridized carbons (Fsp3) is 0.667. The first kappa shape index (κ1) is 20.1. The number of amides is 1. The summed E-state index contributed by atoms with van der Waals surface area (Å²) >= 11 is 5.96. The average Bonchev–Trinajstić information content (AvgIpc) is 3.13. The third-order valence-electron chi connectivity index (χ3n) is 6.41. The Morgan fingerprint density at radius 1 is 1.25 bits per heavy atom. The number of hydrogen-bond donors (Lipinski definition) is 1. The molecule has 28 heavy (non-hydrogen) atoms. The largest absolute Gasteiger partial charge is 0.381 e. The lowest BCUT2D eigenvalue weighted by Gasteiger charge is -2.35. The Labute approximate surface area is 171 Å². The second-order valence-corrected chi connectivity index (χ2v) is 8.75. The lowest BCUT2D eigenvalue weighted by atomic mass is 9.87. The summed E-state index contributed by atoms with van der Waals surface area (Å²) < 4.78 is 20.3. The van der Waals surface area contributed by atoms with Crippen molar-refractivity contribution in [3.63, 3.8) is 0 Å². The molecule has 2 unspecified atom stereocenters. The van der Waals surface area contributed by atoms with Crippen molar-refractivity contribution < 1.29 is 13.9 Å². The van der Waals surface area contributed by atoms with Crippen LogP contribution in [-0.4, -0.2) is 73.7 Å². The van der Waals surface area contributed by atoms with Crippen LogP contribution < -0.4 is 5.32 Å². The molecule has 3 atom stereocenters. The minimum Gasteiger partial charge on any atom is -0.381 e. The first-order valence-electron chi connectivity index (χ1n) is 10.3. The molecule has 0 aliphatic carbocycles. The minimum absolute atomic E-state index is 0.141. The van der Waals surface area contributed by atoms with Gasteiger partial charge in [-0.2, -0.15) is 0 Å². The number of carbonyl (C=O) groups is 1. The maximum absolute atomic E-state index is 14.8. The van der Waals surface area contributed by atoms with Crippen LogP contribution in [0, 0.1) is 11.7 Å². The highest BCUT2D eigenvalue weighted by Gasteiger charge is 2.43. The lowest BCUT2D eigenvalue weighted by Crippen LogP contribution is -2.53. The molecule has 5 nitrogen and oxygen atoms in total. The maximum atomic E-state index is 14.8. The maximum Gasteiger partial charge on any atom is 0.227 e. The van der Waals surface area contributed by atoms with Gasteiger partial charge in [0.25, 0.3) is 0 Å². The van der Waals surface area contributed by atoms with Gasteiger partial charge in [0, 0.05) is 69.0 Å². The number of halogens is 2. The molecule has 7 heteroatoms. The van der Waals surface area contributed by atoms with Crippen LogP contribution in [0.2, 0.25) is 5.02 Å². The summed E-state index contributed by atoms with van der Waals surface area (Å²) in [5, 5.41) is 3.77. The highest BCUT2D eigenvalue weighted by Crippen LogP contribution is 2.38. The first-order chi connectivity index (χ1) is 13.5. The molecule has 4 rings (SSSR count). The van der Waals surface area contributed by atoms with Crippen LogP contribution >= 0.6 is 11.6 Å². The molecule has 3 fully saturated rings. The molecule has 1 N–H and O–H groups in total. The van der Waals surface area contributed by atoms with Crippen molar-refractivity contribution in [3.05, 3.63) is 34.6 Å². The predicted octanol–water partition coefficient (Wildman–Crippen LogP) is 2.49. The Morgan fingerprint density at radius 3 is 2.75 bits per heavy atom. The van der Waals surface area contributed by atoms with E-state index in [1.165, 1.54) is 6.07 Å². The van der Waals surface area contributed by atoms with E-state index in [4.69, 9.17) is 16.3 Å². The molecule has 1 amide bonds. The quantitative estimate of drug-likeness (QED) is 0.833. The van der Waals surface area contributed by atoms with Crippen LogP contribution in [0.5, 0.6) is 0 Å². The summed E-state index contributed by atoms with van der Waals surface area (Å²) in [5.41, 5.74) is 0.612. The molecular weight excluding hydrogens is 381 g/mol. The average molecular weight is 410 g/mol. The van der Waals surface area contributed by atoms with E-state index >= 15 is 0 Å². The van der Waals surface area contributed by atoms with Gasteiger partial charge in [-0.25, -0.2) is 4.39 Å². The Kier molecular flexibility index (Phi) is 6.21. The van der Waals surface area contributed by atoms with Gasteiger partial charge in [0.1, 0.15) is 5.82 Å². The van der Waals surface area contributed by atoms with Gasteiger partial charge in [0.2, 0.25) is 5.91 Å². The number of ether oxygens (including phenoxy) is 1. The van der Waals surface area contributed by atoms with Gasteiger partial charge in [-0.05, 0) is 37.5 Å². The summed E-state index contributed by atoms with van der Waals surface area (Å²) in [6, 6.07) is 5.55. The topological polar surface area (TPSA) is 44.8 Å². The smallest absolute Gasteiger partial charge is 0.227 e. The van der Waals surface area contributed by atoms with Crippen molar-refractivity contribution in [2.75, 3.05) is 45.9 Å². The molecule has 0 radical (unpaired) electrons. The van der Waals surface area contributed by atoms with Gasteiger partial charge >= 0.3 is 0 Å². The number of nitrogens with zero attached hydrogens (tertiary/aromatic N) is 2. The van der Waals surface area contributed by atoms with Crippen LogP contribution in [0.1, 0.15) is 31.2 Å². The zero-order chi connectivity index (χ0) is 19.7. The van der Waals surface area contributed by atoms with E-state index in [1.807, 2.05) is 4.90 Å². The molecule has 0 saturated carbocycles. The summed E-state index contributed by atoms with van der Waals surface area (Å²) in [6.07, 6.45) is 1.95. The Morgan fingerprint density at radius 2 is 2.04 bits per heavy atom. The number of piperazine rings is 1. The summed E-state index contributed by atoms with van der Waals surface area (Å²) in [4.78, 5) is 17.8. The highest BCUT2D eigenvalue weighted by atomic mass is 35.5. The number of rotatable bonds is 3. The van der Waals surface area contributed by atoms with Gasteiger partial charge in [-0.15, -0.1) is 0 Å². The van der Waals surface area contributed by atoms with Gasteiger partial charge in [-0.3, -0.25) is 9.69 Å². The predicted molar refractivity (Wildman–Crippen MR) is 107 cm³/mol. The fourth-order valence-corrected chi connectivity index (χ4v) is 5.08. The number of hydrogen-bond acceptors (Lipinski definition) is 4. The first-order valence-corrected chi connectivity index (χ1v) is 10.7. The molecule has 0 bridgehead atoms. The second-order valence-electron chi connectivity index (χ2n) is 8.32. The molecule has 3 aliphatic heterocycles. The molecule has 1 aromatic carbocycles. The van der Waals surface area contributed by atoms with E-state index in [2.05, 4.69) is 17.1 Å². The molecule has 1 aromatic rings. The second kappa shape index (κ2) is 8.66. The molecule has 154 valence electrons.